The monoisotopic (exact) mass is 244 g/mol. The van der Waals surface area contributed by atoms with Gasteiger partial charge in [-0.15, -0.1) is 0 Å². The summed E-state index contributed by atoms with van der Waals surface area (Å²) in [6.07, 6.45) is 0. The van der Waals surface area contributed by atoms with E-state index >= 15 is 0 Å². The molecule has 92 valence electrons. The summed E-state index contributed by atoms with van der Waals surface area (Å²) in [6, 6.07) is 10.2. The lowest BCUT2D eigenvalue weighted by Gasteiger charge is -2.08. The van der Waals surface area contributed by atoms with E-state index in [0.29, 0.717) is 5.82 Å². The summed E-state index contributed by atoms with van der Waals surface area (Å²) in [4.78, 5) is 14.2. The molecular weight excluding hydrogens is 232 g/mol. The molecule has 0 fully saturated rings. The van der Waals surface area contributed by atoms with E-state index in [4.69, 9.17) is 5.73 Å². The first kappa shape index (κ1) is 11.8. The molecule has 0 spiro atoms. The van der Waals surface area contributed by atoms with E-state index in [2.05, 4.69) is 10.3 Å². The maximum Gasteiger partial charge on any atom is 0.276 e. The topological polar surface area (TPSA) is 94.1 Å². The first-order chi connectivity index (χ1) is 8.56. The number of benzene rings is 1. The number of nitrogen functional groups attached to an aromatic ring is 1. The Labute approximate surface area is 104 Å². The lowest BCUT2D eigenvalue weighted by Crippen LogP contribution is -2.00. The van der Waals surface area contributed by atoms with Gasteiger partial charge in [-0.1, -0.05) is 18.2 Å². The Morgan fingerprint density at radius 2 is 2.06 bits per heavy atom. The SMILES string of the molecule is Cc1ccccc1Nc1cc([N+](=O)[O-])cc(N)n1. The molecule has 0 atom stereocenters. The summed E-state index contributed by atoms with van der Waals surface area (Å²) in [5.74, 6) is 0.469. The number of rotatable bonds is 3. The fraction of sp³-hybridized carbons (Fsp3) is 0.0833. The smallest absolute Gasteiger partial charge is 0.276 e. The van der Waals surface area contributed by atoms with E-state index in [-0.39, 0.29) is 11.5 Å². The third-order valence-electron chi connectivity index (χ3n) is 2.45. The molecule has 18 heavy (non-hydrogen) atoms. The average molecular weight is 244 g/mol. The Morgan fingerprint density at radius 1 is 1.33 bits per heavy atom. The minimum absolute atomic E-state index is 0.0846. The molecule has 2 aromatic rings. The molecule has 0 saturated carbocycles. The standard InChI is InChI=1S/C12H12N4O2/c1-8-4-2-3-5-10(8)14-12-7-9(16(17)18)6-11(13)15-12/h2-7H,1H3,(H3,13,14,15). The first-order valence-electron chi connectivity index (χ1n) is 5.31. The average Bonchev–Trinajstić information content (AvgIpc) is 2.31. The van der Waals surface area contributed by atoms with Crippen molar-refractivity contribution >= 4 is 23.0 Å². The van der Waals surface area contributed by atoms with Crippen molar-refractivity contribution in [1.29, 1.82) is 0 Å². The van der Waals surface area contributed by atoms with Crippen LogP contribution in [0.5, 0.6) is 0 Å². The summed E-state index contributed by atoms with van der Waals surface area (Å²) in [5.41, 5.74) is 7.30. The number of anilines is 3. The van der Waals surface area contributed by atoms with E-state index in [1.165, 1.54) is 12.1 Å². The Bertz CT molecular complexity index is 598. The van der Waals surface area contributed by atoms with Gasteiger partial charge in [0.15, 0.2) is 0 Å². The second-order valence-electron chi connectivity index (χ2n) is 3.83. The normalized spacial score (nSPS) is 10.1. The maximum atomic E-state index is 10.7. The number of nitrogens with zero attached hydrogens (tertiary/aromatic N) is 2. The van der Waals surface area contributed by atoms with Crippen molar-refractivity contribution in [3.05, 3.63) is 52.1 Å². The van der Waals surface area contributed by atoms with Crippen molar-refractivity contribution in [2.45, 2.75) is 6.92 Å². The molecule has 1 aromatic heterocycles. The Kier molecular flexibility index (Phi) is 3.09. The number of aryl methyl sites for hydroxylation is 1. The van der Waals surface area contributed by atoms with Crippen LogP contribution in [0.1, 0.15) is 5.56 Å². The number of para-hydroxylation sites is 1. The van der Waals surface area contributed by atoms with Crippen LogP contribution in [0.3, 0.4) is 0 Å². The third-order valence-corrected chi connectivity index (χ3v) is 2.45. The number of pyridine rings is 1. The van der Waals surface area contributed by atoms with Crippen LogP contribution in [0.15, 0.2) is 36.4 Å². The Morgan fingerprint density at radius 3 is 2.72 bits per heavy atom. The largest absolute Gasteiger partial charge is 0.383 e. The zero-order valence-electron chi connectivity index (χ0n) is 9.75. The zero-order valence-corrected chi connectivity index (χ0v) is 9.75. The molecule has 0 aliphatic carbocycles. The van der Waals surface area contributed by atoms with Gasteiger partial charge in [0.1, 0.15) is 11.6 Å². The van der Waals surface area contributed by atoms with Crippen LogP contribution in [0.2, 0.25) is 0 Å². The van der Waals surface area contributed by atoms with E-state index in [0.717, 1.165) is 11.3 Å². The van der Waals surface area contributed by atoms with Gasteiger partial charge in [0, 0.05) is 5.69 Å². The second kappa shape index (κ2) is 4.70. The highest BCUT2D eigenvalue weighted by Crippen LogP contribution is 2.23. The van der Waals surface area contributed by atoms with Gasteiger partial charge in [-0.3, -0.25) is 10.1 Å². The van der Waals surface area contributed by atoms with Crippen LogP contribution in [-0.2, 0) is 0 Å². The van der Waals surface area contributed by atoms with Crippen LogP contribution < -0.4 is 11.1 Å². The van der Waals surface area contributed by atoms with Gasteiger partial charge in [0.25, 0.3) is 5.69 Å². The molecule has 2 rings (SSSR count). The van der Waals surface area contributed by atoms with Gasteiger partial charge >= 0.3 is 0 Å². The van der Waals surface area contributed by atoms with Crippen LogP contribution in [-0.4, -0.2) is 9.91 Å². The lowest BCUT2D eigenvalue weighted by atomic mass is 10.2. The summed E-state index contributed by atoms with van der Waals surface area (Å²) < 4.78 is 0. The second-order valence-corrected chi connectivity index (χ2v) is 3.83. The van der Waals surface area contributed by atoms with Crippen molar-refractivity contribution in [2.75, 3.05) is 11.1 Å². The van der Waals surface area contributed by atoms with Crippen molar-refractivity contribution in [1.82, 2.24) is 4.98 Å². The van der Waals surface area contributed by atoms with Crippen molar-refractivity contribution in [3.8, 4) is 0 Å². The van der Waals surface area contributed by atoms with E-state index < -0.39 is 4.92 Å². The highest BCUT2D eigenvalue weighted by Gasteiger charge is 2.10. The fourth-order valence-electron chi connectivity index (χ4n) is 1.56. The van der Waals surface area contributed by atoms with Gasteiger partial charge in [0.05, 0.1) is 17.1 Å². The van der Waals surface area contributed by atoms with Gasteiger partial charge in [-0.05, 0) is 18.6 Å². The van der Waals surface area contributed by atoms with Crippen LogP contribution >= 0.6 is 0 Å². The number of hydrogen-bond donors (Lipinski definition) is 2. The highest BCUT2D eigenvalue weighted by molar-refractivity contribution is 5.63. The Balaban J connectivity index is 2.35. The summed E-state index contributed by atoms with van der Waals surface area (Å²) >= 11 is 0. The summed E-state index contributed by atoms with van der Waals surface area (Å²) in [5, 5.41) is 13.7. The van der Waals surface area contributed by atoms with Crippen molar-refractivity contribution in [2.24, 2.45) is 0 Å². The zero-order chi connectivity index (χ0) is 13.1. The predicted octanol–water partition coefficient (Wildman–Crippen LogP) is 2.62. The number of nitrogens with one attached hydrogen (secondary N) is 1. The molecule has 0 aliphatic rings. The molecule has 0 aliphatic heterocycles. The number of nitro groups is 1. The first-order valence-corrected chi connectivity index (χ1v) is 5.31. The van der Waals surface area contributed by atoms with E-state index in [9.17, 15) is 10.1 Å². The molecule has 0 radical (unpaired) electrons. The molecule has 1 aromatic carbocycles. The van der Waals surface area contributed by atoms with Crippen molar-refractivity contribution in [3.63, 3.8) is 0 Å². The maximum absolute atomic E-state index is 10.7. The fourth-order valence-corrected chi connectivity index (χ4v) is 1.56. The van der Waals surface area contributed by atoms with Gasteiger partial charge in [-0.2, -0.15) is 0 Å². The molecule has 0 bridgehead atoms. The molecule has 3 N–H and O–H groups in total. The molecular formula is C12H12N4O2. The molecule has 0 unspecified atom stereocenters. The molecule has 1 heterocycles. The highest BCUT2D eigenvalue weighted by atomic mass is 16.6. The number of hydrogen-bond acceptors (Lipinski definition) is 5. The van der Waals surface area contributed by atoms with Crippen LogP contribution in [0, 0.1) is 17.0 Å². The molecule has 0 saturated heterocycles. The molecule has 6 heteroatoms. The van der Waals surface area contributed by atoms with E-state index in [1.54, 1.807) is 0 Å². The van der Waals surface area contributed by atoms with Gasteiger partial charge in [0.2, 0.25) is 0 Å². The van der Waals surface area contributed by atoms with Crippen molar-refractivity contribution < 1.29 is 4.92 Å². The van der Waals surface area contributed by atoms with Gasteiger partial charge < -0.3 is 11.1 Å². The summed E-state index contributed by atoms with van der Waals surface area (Å²) in [7, 11) is 0. The molecule has 0 amide bonds. The van der Waals surface area contributed by atoms with E-state index in [1.807, 2.05) is 31.2 Å². The minimum Gasteiger partial charge on any atom is -0.383 e. The quantitative estimate of drug-likeness (QED) is 0.639. The lowest BCUT2D eigenvalue weighted by molar-refractivity contribution is -0.384. The number of nitrogens with two attached hydrogens (primary N) is 1. The minimum atomic E-state index is -0.499. The molecule has 6 nitrogen and oxygen atoms in total. The number of aromatic nitrogens is 1. The van der Waals surface area contributed by atoms with Crippen LogP contribution in [0.4, 0.5) is 23.0 Å². The third kappa shape index (κ3) is 2.54. The summed E-state index contributed by atoms with van der Waals surface area (Å²) in [6.45, 7) is 1.93. The van der Waals surface area contributed by atoms with Crippen LogP contribution in [0.25, 0.3) is 0 Å². The predicted molar refractivity (Wildman–Crippen MR) is 69.8 cm³/mol. The Hall–Kier alpha value is -2.63. The van der Waals surface area contributed by atoms with Gasteiger partial charge in [-0.25, -0.2) is 4.98 Å².